The summed E-state index contributed by atoms with van der Waals surface area (Å²) in [5.41, 5.74) is 5.15. The Bertz CT molecular complexity index is 232. The molecule has 1 aromatic rings. The molecule has 0 aromatic carbocycles. The molecule has 2 N–H and O–H groups in total. The summed E-state index contributed by atoms with van der Waals surface area (Å²) < 4.78 is 3.54. The van der Waals surface area contributed by atoms with Gasteiger partial charge in [-0.3, -0.25) is 0 Å². The minimum Gasteiger partial charge on any atom is -0.545 e. The van der Waals surface area contributed by atoms with E-state index in [1.54, 1.807) is 0 Å². The van der Waals surface area contributed by atoms with Gasteiger partial charge in [0.2, 0.25) is 0 Å². The van der Waals surface area contributed by atoms with Crippen molar-refractivity contribution in [2.75, 3.05) is 5.73 Å². The number of hydrogen-bond donors (Lipinski definition) is 1. The number of rotatable bonds is 1. The van der Waals surface area contributed by atoms with Gasteiger partial charge in [-0.05, 0) is 11.5 Å². The summed E-state index contributed by atoms with van der Waals surface area (Å²) in [7, 11) is 0. The zero-order valence-corrected chi connectivity index (χ0v) is 5.14. The zero-order chi connectivity index (χ0) is 6.85. The van der Waals surface area contributed by atoms with Gasteiger partial charge < -0.3 is 15.6 Å². The van der Waals surface area contributed by atoms with E-state index in [-0.39, 0.29) is 10.6 Å². The molecule has 0 unspecified atom stereocenters. The molecular formula is C4H3N2O2S-. The molecule has 0 aliphatic heterocycles. The Hall–Kier alpha value is -1.10. The summed E-state index contributed by atoms with van der Waals surface area (Å²) in [6, 6.07) is 0. The molecule has 0 radical (unpaired) electrons. The number of aromatic nitrogens is 1. The fraction of sp³-hybridized carbons (Fsp3) is 0. The van der Waals surface area contributed by atoms with Crippen LogP contribution in [0.5, 0.6) is 0 Å². The second-order valence-corrected chi connectivity index (χ2v) is 2.22. The summed E-state index contributed by atoms with van der Waals surface area (Å²) in [4.78, 5) is 10.1. The van der Waals surface area contributed by atoms with Gasteiger partial charge in [0, 0.05) is 0 Å². The predicted octanol–water partition coefficient (Wildman–Crippen LogP) is -0.911. The first-order valence-electron chi connectivity index (χ1n) is 2.13. The minimum absolute atomic E-state index is 0.0278. The van der Waals surface area contributed by atoms with Gasteiger partial charge in [-0.15, -0.1) is 0 Å². The Kier molecular flexibility index (Phi) is 1.35. The molecule has 0 aliphatic carbocycles. The number of nitrogens with two attached hydrogens (primary N) is 1. The summed E-state index contributed by atoms with van der Waals surface area (Å²) in [6.45, 7) is 0. The predicted molar refractivity (Wildman–Crippen MR) is 30.9 cm³/mol. The van der Waals surface area contributed by atoms with E-state index in [2.05, 4.69) is 4.37 Å². The van der Waals surface area contributed by atoms with E-state index in [0.29, 0.717) is 0 Å². The number of aromatic carboxylic acids is 1. The molecule has 0 fully saturated rings. The molecule has 0 atom stereocenters. The van der Waals surface area contributed by atoms with Crippen molar-refractivity contribution in [2.24, 2.45) is 0 Å². The molecule has 9 heavy (non-hydrogen) atoms. The van der Waals surface area contributed by atoms with Crippen molar-refractivity contribution in [3.8, 4) is 0 Å². The molecule has 1 rings (SSSR count). The van der Waals surface area contributed by atoms with E-state index >= 15 is 0 Å². The Morgan fingerprint density at radius 3 is 2.78 bits per heavy atom. The van der Waals surface area contributed by atoms with Crippen LogP contribution < -0.4 is 10.8 Å². The largest absolute Gasteiger partial charge is 0.545 e. The second-order valence-electron chi connectivity index (χ2n) is 1.39. The third kappa shape index (κ3) is 0.996. The smallest absolute Gasteiger partial charge is 0.115 e. The minimum atomic E-state index is -1.28. The summed E-state index contributed by atoms with van der Waals surface area (Å²) in [5.74, 6) is -1.28. The van der Waals surface area contributed by atoms with Crippen LogP contribution in [0.15, 0.2) is 6.20 Å². The number of nitrogens with zero attached hydrogens (tertiary/aromatic N) is 1. The molecule has 48 valence electrons. The molecule has 1 aromatic heterocycles. The molecule has 0 aliphatic rings. The Morgan fingerprint density at radius 2 is 2.56 bits per heavy atom. The van der Waals surface area contributed by atoms with Crippen LogP contribution in [0.2, 0.25) is 0 Å². The standard InChI is InChI=1S/C4H4N2O2S/c5-3-2(4(7)8)1-6-9-3/h1H,5H2,(H,7,8)/p-1. The Labute approximate surface area is 55.1 Å². The maximum absolute atomic E-state index is 10.1. The summed E-state index contributed by atoms with van der Waals surface area (Å²) in [5, 5.41) is 10.2. The molecule has 0 saturated carbocycles. The number of carbonyl (C=O) groups excluding carboxylic acids is 1. The van der Waals surface area contributed by atoms with Gasteiger partial charge in [0.05, 0.1) is 17.7 Å². The lowest BCUT2D eigenvalue weighted by molar-refractivity contribution is -0.254. The van der Waals surface area contributed by atoms with E-state index in [0.717, 1.165) is 11.5 Å². The quantitative estimate of drug-likeness (QED) is 0.552. The van der Waals surface area contributed by atoms with Crippen LogP contribution in [-0.2, 0) is 0 Å². The van der Waals surface area contributed by atoms with Crippen LogP contribution in [0.25, 0.3) is 0 Å². The maximum Gasteiger partial charge on any atom is 0.115 e. The topological polar surface area (TPSA) is 79.0 Å². The van der Waals surface area contributed by atoms with Gasteiger partial charge in [-0.25, -0.2) is 0 Å². The van der Waals surface area contributed by atoms with E-state index in [1.807, 2.05) is 0 Å². The molecule has 0 saturated heterocycles. The number of hydrogen-bond acceptors (Lipinski definition) is 5. The monoisotopic (exact) mass is 143 g/mol. The third-order valence-electron chi connectivity index (χ3n) is 0.818. The lowest BCUT2D eigenvalue weighted by Crippen LogP contribution is -2.22. The average Bonchev–Trinajstić information content (AvgIpc) is 2.13. The highest BCUT2D eigenvalue weighted by atomic mass is 32.1. The van der Waals surface area contributed by atoms with Crippen LogP contribution in [0, 0.1) is 0 Å². The van der Waals surface area contributed by atoms with Gasteiger partial charge in [0.15, 0.2) is 0 Å². The molecule has 0 bridgehead atoms. The zero-order valence-electron chi connectivity index (χ0n) is 4.33. The van der Waals surface area contributed by atoms with Crippen LogP contribution in [-0.4, -0.2) is 10.3 Å². The van der Waals surface area contributed by atoms with Crippen molar-refractivity contribution in [3.63, 3.8) is 0 Å². The fourth-order valence-electron chi connectivity index (χ4n) is 0.402. The first-order chi connectivity index (χ1) is 4.22. The summed E-state index contributed by atoms with van der Waals surface area (Å²) in [6.07, 6.45) is 1.18. The highest BCUT2D eigenvalue weighted by molar-refractivity contribution is 7.10. The average molecular weight is 143 g/mol. The van der Waals surface area contributed by atoms with Crippen LogP contribution in [0.3, 0.4) is 0 Å². The fourth-order valence-corrected chi connectivity index (χ4v) is 0.908. The SMILES string of the molecule is Nc1sncc1C(=O)[O-]. The number of carboxylic acids is 1. The van der Waals surface area contributed by atoms with Crippen molar-refractivity contribution >= 4 is 22.5 Å². The van der Waals surface area contributed by atoms with Crippen molar-refractivity contribution < 1.29 is 9.90 Å². The normalized spacial score (nSPS) is 9.33. The molecule has 0 spiro atoms. The molecule has 4 nitrogen and oxygen atoms in total. The van der Waals surface area contributed by atoms with Crippen molar-refractivity contribution in [1.82, 2.24) is 4.37 Å². The lowest BCUT2D eigenvalue weighted by atomic mass is 10.4. The number of carboxylic acid groups (broad SMARTS) is 1. The number of nitrogen functional groups attached to an aromatic ring is 1. The molecule has 0 amide bonds. The van der Waals surface area contributed by atoms with Crippen LogP contribution in [0.4, 0.5) is 5.00 Å². The maximum atomic E-state index is 10.1. The molecule has 1 heterocycles. The van der Waals surface area contributed by atoms with Crippen LogP contribution >= 0.6 is 11.5 Å². The van der Waals surface area contributed by atoms with Crippen molar-refractivity contribution in [1.29, 1.82) is 0 Å². The molecule has 5 heteroatoms. The van der Waals surface area contributed by atoms with Gasteiger partial charge in [-0.2, -0.15) is 4.37 Å². The first kappa shape index (κ1) is 6.03. The Balaban J connectivity index is 3.08. The number of anilines is 1. The summed E-state index contributed by atoms with van der Waals surface area (Å²) >= 11 is 0.940. The van der Waals surface area contributed by atoms with Gasteiger partial charge in [0.25, 0.3) is 0 Å². The first-order valence-corrected chi connectivity index (χ1v) is 2.90. The second kappa shape index (κ2) is 2.02. The van der Waals surface area contributed by atoms with Crippen molar-refractivity contribution in [2.45, 2.75) is 0 Å². The highest BCUT2D eigenvalue weighted by Crippen LogP contribution is 2.13. The lowest BCUT2D eigenvalue weighted by Gasteiger charge is -1.95. The highest BCUT2D eigenvalue weighted by Gasteiger charge is 1.99. The Morgan fingerprint density at radius 1 is 1.89 bits per heavy atom. The van der Waals surface area contributed by atoms with Crippen molar-refractivity contribution in [3.05, 3.63) is 11.8 Å². The number of carbonyl (C=O) groups is 1. The van der Waals surface area contributed by atoms with E-state index in [4.69, 9.17) is 5.73 Å². The molecular weight excluding hydrogens is 140 g/mol. The van der Waals surface area contributed by atoms with E-state index < -0.39 is 5.97 Å². The van der Waals surface area contributed by atoms with Crippen LogP contribution in [0.1, 0.15) is 10.4 Å². The van der Waals surface area contributed by atoms with Gasteiger partial charge >= 0.3 is 0 Å². The van der Waals surface area contributed by atoms with Gasteiger partial charge in [-0.1, -0.05) is 0 Å². The van der Waals surface area contributed by atoms with E-state index in [1.165, 1.54) is 6.20 Å². The van der Waals surface area contributed by atoms with E-state index in [9.17, 15) is 9.90 Å². The van der Waals surface area contributed by atoms with Gasteiger partial charge in [0.1, 0.15) is 5.00 Å². The third-order valence-corrected chi connectivity index (χ3v) is 1.45.